The van der Waals surface area contributed by atoms with Crippen molar-refractivity contribution in [3.8, 4) is 11.5 Å². The molecular weight excluding hydrogens is 364 g/mol. The smallest absolute Gasteiger partial charge is 0.257 e. The topological polar surface area (TPSA) is 38.9 Å². The fourth-order valence-corrected chi connectivity index (χ4v) is 4.11. The van der Waals surface area contributed by atoms with E-state index >= 15 is 0 Å². The lowest BCUT2D eigenvalue weighted by Gasteiger charge is -2.26. The van der Waals surface area contributed by atoms with Crippen molar-refractivity contribution in [1.29, 1.82) is 0 Å². The molecule has 0 radical (unpaired) electrons. The maximum absolute atomic E-state index is 5.50. The van der Waals surface area contributed by atoms with E-state index in [1.54, 1.807) is 0 Å². The van der Waals surface area contributed by atoms with Gasteiger partial charge >= 0.3 is 0 Å². The molecule has 24 heavy (non-hydrogen) atoms. The fraction of sp³-hybridized carbons (Fsp3) is 0.600. The highest BCUT2D eigenvalue weighted by atomic mass is 79.9. The van der Waals surface area contributed by atoms with Gasteiger partial charge in [-0.1, -0.05) is 66.2 Å². The van der Waals surface area contributed by atoms with E-state index in [0.29, 0.717) is 11.8 Å². The van der Waals surface area contributed by atoms with E-state index in [9.17, 15) is 0 Å². The minimum Gasteiger partial charge on any atom is -0.334 e. The molecular formula is C20H27BrN2O. The minimum absolute atomic E-state index is 0.474. The number of nitrogens with zero attached hydrogens (tertiary/aromatic N) is 2. The van der Waals surface area contributed by atoms with Crippen LogP contribution in [0.1, 0.15) is 76.5 Å². The Morgan fingerprint density at radius 2 is 1.96 bits per heavy atom. The van der Waals surface area contributed by atoms with Crippen LogP contribution in [-0.4, -0.2) is 10.1 Å². The third kappa shape index (κ3) is 4.69. The zero-order valence-electron chi connectivity index (χ0n) is 14.5. The molecule has 0 unspecified atom stereocenters. The molecule has 1 heterocycles. The van der Waals surface area contributed by atoms with E-state index in [1.165, 1.54) is 57.8 Å². The molecule has 130 valence electrons. The average Bonchev–Trinajstić information content (AvgIpc) is 3.09. The summed E-state index contributed by atoms with van der Waals surface area (Å²) in [7, 11) is 0. The monoisotopic (exact) mass is 390 g/mol. The van der Waals surface area contributed by atoms with Gasteiger partial charge in [0.1, 0.15) is 0 Å². The normalized spacial score (nSPS) is 21.1. The zero-order valence-corrected chi connectivity index (χ0v) is 16.1. The molecule has 3 nitrogen and oxygen atoms in total. The summed E-state index contributed by atoms with van der Waals surface area (Å²) in [6, 6.07) is 8.02. The van der Waals surface area contributed by atoms with Gasteiger partial charge in [-0.25, -0.2) is 0 Å². The van der Waals surface area contributed by atoms with Gasteiger partial charge in [0.2, 0.25) is 0 Å². The fourth-order valence-electron chi connectivity index (χ4n) is 3.71. The number of hydrogen-bond donors (Lipinski definition) is 0. The number of unbranched alkanes of at least 4 members (excludes halogenated alkanes) is 3. The summed E-state index contributed by atoms with van der Waals surface area (Å²) < 4.78 is 6.53. The van der Waals surface area contributed by atoms with Gasteiger partial charge in [0.05, 0.1) is 0 Å². The third-order valence-corrected chi connectivity index (χ3v) is 5.68. The molecule has 2 aromatic rings. The van der Waals surface area contributed by atoms with Crippen molar-refractivity contribution >= 4 is 15.9 Å². The van der Waals surface area contributed by atoms with E-state index in [-0.39, 0.29) is 0 Å². The third-order valence-electron chi connectivity index (χ3n) is 5.19. The zero-order chi connectivity index (χ0) is 16.8. The van der Waals surface area contributed by atoms with Gasteiger partial charge in [-0.2, -0.15) is 4.98 Å². The summed E-state index contributed by atoms with van der Waals surface area (Å²) in [5.74, 6) is 2.92. The Balaban J connectivity index is 1.52. The standard InChI is InChI=1S/C20H27BrN2O/c1-2-3-4-5-7-15-10-12-16(13-11-15)19-22-20(24-23-19)17-8-6-9-18(21)14-17/h6,8-9,14-16H,2-5,7,10-13H2,1H3. The average molecular weight is 391 g/mol. The lowest BCUT2D eigenvalue weighted by molar-refractivity contribution is 0.291. The number of halogens is 1. The van der Waals surface area contributed by atoms with Crippen LogP contribution in [0.3, 0.4) is 0 Å². The molecule has 0 saturated heterocycles. The number of rotatable bonds is 7. The van der Waals surface area contributed by atoms with Crippen molar-refractivity contribution in [2.24, 2.45) is 5.92 Å². The summed E-state index contributed by atoms with van der Waals surface area (Å²) in [5, 5.41) is 4.26. The predicted octanol–water partition coefficient (Wildman–Crippen LogP) is 6.74. The number of hydrogen-bond acceptors (Lipinski definition) is 3. The molecule has 1 fully saturated rings. The highest BCUT2D eigenvalue weighted by Gasteiger charge is 2.25. The minimum atomic E-state index is 0.474. The number of aromatic nitrogens is 2. The summed E-state index contributed by atoms with van der Waals surface area (Å²) >= 11 is 3.49. The van der Waals surface area contributed by atoms with E-state index in [4.69, 9.17) is 4.52 Å². The Kier molecular flexibility index (Phi) is 6.47. The Morgan fingerprint density at radius 3 is 2.71 bits per heavy atom. The molecule has 0 aliphatic heterocycles. The summed E-state index contributed by atoms with van der Waals surface area (Å²) in [5.41, 5.74) is 0.979. The Bertz CT molecular complexity index is 632. The molecule has 1 aromatic carbocycles. The first-order valence-electron chi connectivity index (χ1n) is 9.35. The molecule has 4 heteroatoms. The maximum Gasteiger partial charge on any atom is 0.257 e. The highest BCUT2D eigenvalue weighted by molar-refractivity contribution is 9.10. The lowest BCUT2D eigenvalue weighted by atomic mass is 9.79. The molecule has 3 rings (SSSR count). The van der Waals surface area contributed by atoms with Crippen LogP contribution in [0.5, 0.6) is 0 Å². The first kappa shape index (κ1) is 17.7. The van der Waals surface area contributed by atoms with E-state index < -0.39 is 0 Å². The van der Waals surface area contributed by atoms with Gasteiger partial charge in [0, 0.05) is 16.0 Å². The quantitative estimate of drug-likeness (QED) is 0.491. The first-order valence-corrected chi connectivity index (χ1v) is 10.1. The van der Waals surface area contributed by atoms with Crippen molar-refractivity contribution in [2.45, 2.75) is 70.6 Å². The van der Waals surface area contributed by atoms with Crippen molar-refractivity contribution < 1.29 is 4.52 Å². The highest BCUT2D eigenvalue weighted by Crippen LogP contribution is 2.37. The molecule has 1 saturated carbocycles. The van der Waals surface area contributed by atoms with Crippen molar-refractivity contribution in [3.63, 3.8) is 0 Å². The van der Waals surface area contributed by atoms with E-state index in [2.05, 4.69) is 33.0 Å². The van der Waals surface area contributed by atoms with Crippen LogP contribution in [0.4, 0.5) is 0 Å². The SMILES string of the molecule is CCCCCCC1CCC(c2noc(-c3cccc(Br)c3)n2)CC1. The molecule has 0 atom stereocenters. The van der Waals surface area contributed by atoms with Crippen LogP contribution in [0.2, 0.25) is 0 Å². The van der Waals surface area contributed by atoms with Gasteiger partial charge in [0.25, 0.3) is 5.89 Å². The van der Waals surface area contributed by atoms with Gasteiger partial charge in [-0.15, -0.1) is 0 Å². The molecule has 1 aromatic heterocycles. The van der Waals surface area contributed by atoms with Crippen LogP contribution in [0.15, 0.2) is 33.3 Å². The van der Waals surface area contributed by atoms with Gasteiger partial charge in [-0.05, 0) is 49.8 Å². The number of benzene rings is 1. The van der Waals surface area contributed by atoms with Crippen molar-refractivity contribution in [3.05, 3.63) is 34.6 Å². The predicted molar refractivity (Wildman–Crippen MR) is 101 cm³/mol. The van der Waals surface area contributed by atoms with Gasteiger partial charge in [0.15, 0.2) is 5.82 Å². The lowest BCUT2D eigenvalue weighted by Crippen LogP contribution is -2.14. The van der Waals surface area contributed by atoms with E-state index in [1.807, 2.05) is 24.3 Å². The van der Waals surface area contributed by atoms with Crippen LogP contribution >= 0.6 is 15.9 Å². The second-order valence-electron chi connectivity index (χ2n) is 7.04. The first-order chi connectivity index (χ1) is 11.8. The second-order valence-corrected chi connectivity index (χ2v) is 7.95. The second kappa shape index (κ2) is 8.80. The van der Waals surface area contributed by atoms with Crippen molar-refractivity contribution in [2.75, 3.05) is 0 Å². The Labute approximate surface area is 153 Å². The van der Waals surface area contributed by atoms with E-state index in [0.717, 1.165) is 21.8 Å². The summed E-state index contributed by atoms with van der Waals surface area (Å²) in [4.78, 5) is 4.66. The molecule has 0 bridgehead atoms. The van der Waals surface area contributed by atoms with Crippen LogP contribution in [-0.2, 0) is 0 Å². The maximum atomic E-state index is 5.50. The van der Waals surface area contributed by atoms with Gasteiger partial charge in [-0.3, -0.25) is 0 Å². The summed E-state index contributed by atoms with van der Waals surface area (Å²) in [6.45, 7) is 2.28. The molecule has 0 N–H and O–H groups in total. The summed E-state index contributed by atoms with van der Waals surface area (Å²) in [6.07, 6.45) is 12.0. The Morgan fingerprint density at radius 1 is 1.12 bits per heavy atom. The van der Waals surface area contributed by atoms with Crippen LogP contribution < -0.4 is 0 Å². The largest absolute Gasteiger partial charge is 0.334 e. The molecule has 0 spiro atoms. The molecule has 0 amide bonds. The Hall–Kier alpha value is -1.16. The molecule has 1 aliphatic carbocycles. The van der Waals surface area contributed by atoms with Crippen molar-refractivity contribution in [1.82, 2.24) is 10.1 Å². The van der Waals surface area contributed by atoms with Crippen LogP contribution in [0.25, 0.3) is 11.5 Å². The van der Waals surface area contributed by atoms with Gasteiger partial charge < -0.3 is 4.52 Å². The molecule has 1 aliphatic rings. The van der Waals surface area contributed by atoms with Crippen LogP contribution in [0, 0.1) is 5.92 Å².